The number of nitrogens with one attached hydrogen (secondary N) is 2. The maximum absolute atomic E-state index is 12.5. The Morgan fingerprint density at radius 3 is 2.88 bits per heavy atom. The van der Waals surface area contributed by atoms with Gasteiger partial charge in [-0.15, -0.1) is 0 Å². The van der Waals surface area contributed by atoms with Crippen LogP contribution in [0.2, 0.25) is 0 Å². The summed E-state index contributed by atoms with van der Waals surface area (Å²) in [6, 6.07) is 8.83. The van der Waals surface area contributed by atoms with Crippen molar-refractivity contribution >= 4 is 16.9 Å². The summed E-state index contributed by atoms with van der Waals surface area (Å²) in [5.74, 6) is 1.43. The Morgan fingerprint density at radius 2 is 2.04 bits per heavy atom. The summed E-state index contributed by atoms with van der Waals surface area (Å²) in [6.45, 7) is 2.87. The second kappa shape index (κ2) is 8.21. The molecule has 5 nitrogen and oxygen atoms in total. The van der Waals surface area contributed by atoms with Gasteiger partial charge in [0.05, 0.1) is 17.0 Å². The molecule has 0 bridgehead atoms. The molecule has 1 atom stereocenters. The zero-order valence-corrected chi connectivity index (χ0v) is 15.5. The van der Waals surface area contributed by atoms with Crippen LogP contribution in [-0.2, 0) is 11.2 Å². The van der Waals surface area contributed by atoms with Crippen LogP contribution < -0.4 is 5.32 Å². The molecule has 1 aromatic carbocycles. The first-order valence-corrected chi connectivity index (χ1v) is 10.2. The van der Waals surface area contributed by atoms with Crippen LogP contribution in [0, 0.1) is 5.92 Å². The number of rotatable bonds is 6. The predicted molar refractivity (Wildman–Crippen MR) is 104 cm³/mol. The van der Waals surface area contributed by atoms with Gasteiger partial charge in [0.2, 0.25) is 5.91 Å². The van der Waals surface area contributed by atoms with Gasteiger partial charge in [-0.2, -0.15) is 0 Å². The first-order chi connectivity index (χ1) is 12.8. The Labute approximate surface area is 155 Å². The molecule has 2 aromatic rings. The van der Waals surface area contributed by atoms with Crippen LogP contribution in [0.1, 0.15) is 50.8 Å². The van der Waals surface area contributed by atoms with Crippen LogP contribution in [0.25, 0.3) is 11.0 Å². The van der Waals surface area contributed by atoms with Gasteiger partial charge in [-0.25, -0.2) is 4.98 Å². The summed E-state index contributed by atoms with van der Waals surface area (Å²) in [6.07, 6.45) is 9.36. The average molecular weight is 354 g/mol. The lowest BCUT2D eigenvalue weighted by Crippen LogP contribution is -2.46. The third kappa shape index (κ3) is 4.09. The molecule has 5 heteroatoms. The molecule has 1 saturated heterocycles. The number of hydrogen-bond acceptors (Lipinski definition) is 3. The van der Waals surface area contributed by atoms with E-state index in [0.717, 1.165) is 61.7 Å². The minimum Gasteiger partial charge on any atom is -0.356 e. The van der Waals surface area contributed by atoms with Crippen molar-refractivity contribution in [2.75, 3.05) is 19.6 Å². The standard InChI is InChI=1S/C21H30N4O/c26-21(16-7-6-14-25(15-16)17-8-1-2-9-17)22-13-5-12-20-23-18-10-3-4-11-19(18)24-20/h3-4,10-11,16-17H,1-2,5-9,12-15H2,(H,22,26)(H,23,24)/t16-/m0/s1. The molecular weight excluding hydrogens is 324 g/mol. The fraction of sp³-hybridized carbons (Fsp3) is 0.619. The number of piperidine rings is 1. The van der Waals surface area contributed by atoms with Gasteiger partial charge in [0, 0.05) is 25.6 Å². The Morgan fingerprint density at radius 1 is 1.19 bits per heavy atom. The van der Waals surface area contributed by atoms with E-state index in [4.69, 9.17) is 0 Å². The van der Waals surface area contributed by atoms with E-state index in [2.05, 4.69) is 20.2 Å². The molecule has 1 aliphatic heterocycles. The smallest absolute Gasteiger partial charge is 0.224 e. The molecule has 0 unspecified atom stereocenters. The first-order valence-electron chi connectivity index (χ1n) is 10.2. The number of H-pyrrole nitrogens is 1. The largest absolute Gasteiger partial charge is 0.356 e. The number of aromatic amines is 1. The number of carbonyl (C=O) groups is 1. The maximum Gasteiger partial charge on any atom is 0.224 e. The number of hydrogen-bond donors (Lipinski definition) is 2. The lowest BCUT2D eigenvalue weighted by atomic mass is 9.95. The van der Waals surface area contributed by atoms with E-state index in [0.29, 0.717) is 0 Å². The van der Waals surface area contributed by atoms with Crippen molar-refractivity contribution in [3.63, 3.8) is 0 Å². The molecule has 26 heavy (non-hydrogen) atoms. The summed E-state index contributed by atoms with van der Waals surface area (Å²) >= 11 is 0. The van der Waals surface area contributed by atoms with Gasteiger partial charge < -0.3 is 10.3 Å². The van der Waals surface area contributed by atoms with Crippen LogP contribution in [-0.4, -0.2) is 46.5 Å². The lowest BCUT2D eigenvalue weighted by molar-refractivity contribution is -0.127. The van der Waals surface area contributed by atoms with Crippen LogP contribution in [0.3, 0.4) is 0 Å². The number of carbonyl (C=O) groups excluding carboxylic acids is 1. The maximum atomic E-state index is 12.5. The Bertz CT molecular complexity index is 701. The fourth-order valence-corrected chi connectivity index (χ4v) is 4.56. The summed E-state index contributed by atoms with van der Waals surface area (Å²) in [5, 5.41) is 3.16. The molecule has 1 aromatic heterocycles. The number of nitrogens with zero attached hydrogens (tertiary/aromatic N) is 2. The topological polar surface area (TPSA) is 61.0 Å². The zero-order valence-electron chi connectivity index (χ0n) is 15.5. The van der Waals surface area contributed by atoms with Gasteiger partial charge in [-0.3, -0.25) is 9.69 Å². The molecule has 1 saturated carbocycles. The number of likely N-dealkylation sites (tertiary alicyclic amines) is 1. The molecule has 140 valence electrons. The number of imidazole rings is 1. The van der Waals surface area contributed by atoms with Crippen LogP contribution in [0.5, 0.6) is 0 Å². The predicted octanol–water partition coefficient (Wildman–Crippen LogP) is 3.27. The van der Waals surface area contributed by atoms with E-state index in [-0.39, 0.29) is 11.8 Å². The summed E-state index contributed by atoms with van der Waals surface area (Å²) in [5.41, 5.74) is 2.10. The van der Waals surface area contributed by atoms with Gasteiger partial charge in [-0.1, -0.05) is 25.0 Å². The highest BCUT2D eigenvalue weighted by Gasteiger charge is 2.30. The van der Waals surface area contributed by atoms with Crippen LogP contribution in [0.15, 0.2) is 24.3 Å². The van der Waals surface area contributed by atoms with Crippen molar-refractivity contribution in [2.24, 2.45) is 5.92 Å². The second-order valence-electron chi connectivity index (χ2n) is 7.87. The Kier molecular flexibility index (Phi) is 5.54. The van der Waals surface area contributed by atoms with Crippen LogP contribution >= 0.6 is 0 Å². The third-order valence-corrected chi connectivity index (χ3v) is 5.99. The van der Waals surface area contributed by atoms with Crippen LogP contribution in [0.4, 0.5) is 0 Å². The number of aromatic nitrogens is 2. The Balaban J connectivity index is 1.21. The second-order valence-corrected chi connectivity index (χ2v) is 7.87. The van der Waals surface area contributed by atoms with Crippen molar-refractivity contribution in [2.45, 2.75) is 57.4 Å². The minimum atomic E-state index is 0.176. The van der Waals surface area contributed by atoms with Gasteiger partial charge in [0.15, 0.2) is 0 Å². The monoisotopic (exact) mass is 354 g/mol. The normalized spacial score (nSPS) is 22.1. The SMILES string of the molecule is O=C(NCCCc1nc2ccccc2[nH]1)[C@H]1CCCN(C2CCCC2)C1. The number of amides is 1. The van der Waals surface area contributed by atoms with E-state index < -0.39 is 0 Å². The van der Waals surface area contributed by atoms with E-state index in [1.165, 1.54) is 32.2 Å². The highest BCUT2D eigenvalue weighted by molar-refractivity contribution is 5.79. The molecule has 4 rings (SSSR count). The molecule has 0 radical (unpaired) electrons. The van der Waals surface area contributed by atoms with Gasteiger partial charge in [0.1, 0.15) is 5.82 Å². The third-order valence-electron chi connectivity index (χ3n) is 5.99. The Hall–Kier alpha value is -1.88. The molecule has 1 aliphatic carbocycles. The fourth-order valence-electron chi connectivity index (χ4n) is 4.56. The van der Waals surface area contributed by atoms with Crippen molar-refractivity contribution < 1.29 is 4.79 Å². The summed E-state index contributed by atoms with van der Waals surface area (Å²) < 4.78 is 0. The molecule has 2 aliphatic rings. The quantitative estimate of drug-likeness (QED) is 0.783. The highest BCUT2D eigenvalue weighted by Crippen LogP contribution is 2.28. The molecule has 2 heterocycles. The summed E-state index contributed by atoms with van der Waals surface area (Å²) in [7, 11) is 0. The molecule has 1 amide bonds. The summed E-state index contributed by atoms with van der Waals surface area (Å²) in [4.78, 5) is 23.1. The zero-order chi connectivity index (χ0) is 17.8. The average Bonchev–Trinajstić information content (AvgIpc) is 3.34. The number of fused-ring (bicyclic) bond motifs is 1. The van der Waals surface area contributed by atoms with E-state index in [1.54, 1.807) is 0 Å². The molecular formula is C21H30N4O. The minimum absolute atomic E-state index is 0.176. The van der Waals surface area contributed by atoms with E-state index in [9.17, 15) is 4.79 Å². The highest BCUT2D eigenvalue weighted by atomic mass is 16.1. The number of para-hydroxylation sites is 2. The van der Waals surface area contributed by atoms with Gasteiger partial charge in [0.25, 0.3) is 0 Å². The van der Waals surface area contributed by atoms with Crippen molar-refractivity contribution in [3.05, 3.63) is 30.1 Å². The van der Waals surface area contributed by atoms with Gasteiger partial charge in [-0.05, 0) is 50.8 Å². The molecule has 2 fully saturated rings. The number of benzene rings is 1. The van der Waals surface area contributed by atoms with Gasteiger partial charge >= 0.3 is 0 Å². The van der Waals surface area contributed by atoms with Crippen molar-refractivity contribution in [1.82, 2.24) is 20.2 Å². The molecule has 2 N–H and O–H groups in total. The van der Waals surface area contributed by atoms with E-state index in [1.807, 2.05) is 24.3 Å². The lowest BCUT2D eigenvalue weighted by Gasteiger charge is -2.36. The van der Waals surface area contributed by atoms with Crippen molar-refractivity contribution in [1.29, 1.82) is 0 Å². The molecule has 0 spiro atoms. The number of aryl methyl sites for hydroxylation is 1. The first kappa shape index (κ1) is 17.5. The van der Waals surface area contributed by atoms with E-state index >= 15 is 0 Å². The van der Waals surface area contributed by atoms with Crippen molar-refractivity contribution in [3.8, 4) is 0 Å².